The number of hydrogen-bond donors (Lipinski definition) is 1. The summed E-state index contributed by atoms with van der Waals surface area (Å²) in [5.74, 6) is -0.346. The number of anilines is 1. The van der Waals surface area contributed by atoms with Crippen LogP contribution in [-0.4, -0.2) is 19.7 Å². The molecule has 5 aromatic rings. The third-order valence-corrected chi connectivity index (χ3v) is 4.54. The van der Waals surface area contributed by atoms with Crippen LogP contribution in [0.15, 0.2) is 83.7 Å². The Morgan fingerprint density at radius 3 is 2.66 bits per heavy atom. The van der Waals surface area contributed by atoms with Gasteiger partial charge in [-0.2, -0.15) is 10.1 Å². The molecule has 1 N–H and O–H groups in total. The van der Waals surface area contributed by atoms with Crippen molar-refractivity contribution in [2.75, 3.05) is 5.32 Å². The molecule has 0 saturated carbocycles. The fourth-order valence-corrected chi connectivity index (χ4v) is 3.15. The SMILES string of the molecule is Fc1ccc2oc(NCc3cn(-c4ccccc4)nc3-c3ccncc3)nc2c1. The smallest absolute Gasteiger partial charge is 0.295 e. The molecule has 0 spiro atoms. The molecule has 0 fully saturated rings. The molecule has 0 radical (unpaired) electrons. The van der Waals surface area contributed by atoms with E-state index in [1.807, 2.05) is 53.3 Å². The zero-order valence-electron chi connectivity index (χ0n) is 15.3. The quantitative estimate of drug-likeness (QED) is 0.469. The van der Waals surface area contributed by atoms with E-state index in [0.717, 1.165) is 22.5 Å². The Morgan fingerprint density at radius 1 is 1.00 bits per heavy atom. The van der Waals surface area contributed by atoms with E-state index >= 15 is 0 Å². The predicted octanol–water partition coefficient (Wildman–Crippen LogP) is 4.83. The molecule has 6 nitrogen and oxygen atoms in total. The largest absolute Gasteiger partial charge is 0.424 e. The number of halogens is 1. The summed E-state index contributed by atoms with van der Waals surface area (Å²) in [5.41, 5.74) is 4.74. The molecule has 3 aromatic heterocycles. The van der Waals surface area contributed by atoms with Gasteiger partial charge in [0.05, 0.1) is 11.4 Å². The van der Waals surface area contributed by atoms with E-state index in [2.05, 4.69) is 15.3 Å². The maximum atomic E-state index is 13.4. The van der Waals surface area contributed by atoms with E-state index < -0.39 is 0 Å². The molecule has 7 heteroatoms. The molecule has 0 unspecified atom stereocenters. The molecule has 29 heavy (non-hydrogen) atoms. The first-order valence-electron chi connectivity index (χ1n) is 9.10. The number of nitrogens with one attached hydrogen (secondary N) is 1. The molecule has 5 rings (SSSR count). The van der Waals surface area contributed by atoms with Crippen molar-refractivity contribution in [3.8, 4) is 16.9 Å². The molecular weight excluding hydrogens is 369 g/mol. The molecule has 0 bridgehead atoms. The van der Waals surface area contributed by atoms with Gasteiger partial charge in [-0.1, -0.05) is 18.2 Å². The fraction of sp³-hybridized carbons (Fsp3) is 0.0455. The van der Waals surface area contributed by atoms with Crippen molar-refractivity contribution >= 4 is 17.1 Å². The second-order valence-corrected chi connectivity index (χ2v) is 6.50. The second kappa shape index (κ2) is 7.20. The van der Waals surface area contributed by atoms with Crippen molar-refractivity contribution in [3.05, 3.63) is 90.6 Å². The lowest BCUT2D eigenvalue weighted by Gasteiger charge is -2.02. The summed E-state index contributed by atoms with van der Waals surface area (Å²) in [6.45, 7) is 0.444. The average Bonchev–Trinajstić information content (AvgIpc) is 3.37. The summed E-state index contributed by atoms with van der Waals surface area (Å²) < 4.78 is 20.9. The molecule has 0 aliphatic rings. The van der Waals surface area contributed by atoms with Gasteiger partial charge in [-0.25, -0.2) is 9.07 Å². The van der Waals surface area contributed by atoms with Gasteiger partial charge in [0.1, 0.15) is 11.3 Å². The Labute approximate surface area is 165 Å². The van der Waals surface area contributed by atoms with Crippen LogP contribution in [-0.2, 0) is 6.54 Å². The van der Waals surface area contributed by atoms with Gasteiger partial charge < -0.3 is 9.73 Å². The van der Waals surface area contributed by atoms with Crippen LogP contribution in [0, 0.1) is 5.82 Å². The van der Waals surface area contributed by atoms with Crippen molar-refractivity contribution in [1.82, 2.24) is 19.7 Å². The molecule has 142 valence electrons. The normalized spacial score (nSPS) is 11.1. The molecule has 0 atom stereocenters. The standard InChI is InChI=1S/C22H16FN5O/c23-17-6-7-20-19(12-17)26-22(29-20)25-13-16-14-28(18-4-2-1-3-5-18)27-21(16)15-8-10-24-11-9-15/h1-12,14H,13H2,(H,25,26). The highest BCUT2D eigenvalue weighted by atomic mass is 19.1. The van der Waals surface area contributed by atoms with Crippen LogP contribution in [0.4, 0.5) is 10.4 Å². The monoisotopic (exact) mass is 385 g/mol. The van der Waals surface area contributed by atoms with E-state index in [1.165, 1.54) is 12.1 Å². The van der Waals surface area contributed by atoms with Gasteiger partial charge in [0.25, 0.3) is 6.01 Å². The van der Waals surface area contributed by atoms with Crippen molar-refractivity contribution < 1.29 is 8.81 Å². The molecule has 0 aliphatic heterocycles. The second-order valence-electron chi connectivity index (χ2n) is 6.50. The Bertz CT molecular complexity index is 1260. The van der Waals surface area contributed by atoms with Crippen molar-refractivity contribution in [2.45, 2.75) is 6.54 Å². The van der Waals surface area contributed by atoms with Crippen LogP contribution in [0.1, 0.15) is 5.56 Å². The molecule has 0 aliphatic carbocycles. The lowest BCUT2D eigenvalue weighted by molar-refractivity contribution is 0.610. The van der Waals surface area contributed by atoms with Gasteiger partial charge >= 0.3 is 0 Å². The van der Waals surface area contributed by atoms with E-state index in [-0.39, 0.29) is 5.82 Å². The van der Waals surface area contributed by atoms with Crippen LogP contribution < -0.4 is 5.32 Å². The number of fused-ring (bicyclic) bond motifs is 1. The first kappa shape index (κ1) is 17.1. The van der Waals surface area contributed by atoms with Gasteiger partial charge in [-0.3, -0.25) is 4.98 Å². The Hall–Kier alpha value is -4.00. The predicted molar refractivity (Wildman–Crippen MR) is 108 cm³/mol. The number of aromatic nitrogens is 4. The molecule has 2 aromatic carbocycles. The summed E-state index contributed by atoms with van der Waals surface area (Å²) in [7, 11) is 0. The number of oxazole rings is 1. The Kier molecular flexibility index (Phi) is 4.25. The van der Waals surface area contributed by atoms with Gasteiger partial charge in [-0.15, -0.1) is 0 Å². The highest BCUT2D eigenvalue weighted by molar-refractivity contribution is 5.74. The number of rotatable bonds is 5. The Morgan fingerprint density at radius 2 is 1.83 bits per heavy atom. The molecular formula is C22H16FN5O. The Balaban J connectivity index is 1.48. The lowest BCUT2D eigenvalue weighted by Crippen LogP contribution is -2.00. The first-order chi connectivity index (χ1) is 14.3. The number of hydrogen-bond acceptors (Lipinski definition) is 5. The van der Waals surface area contributed by atoms with E-state index in [9.17, 15) is 4.39 Å². The van der Waals surface area contributed by atoms with E-state index in [1.54, 1.807) is 18.5 Å². The zero-order chi connectivity index (χ0) is 19.6. The van der Waals surface area contributed by atoms with Gasteiger partial charge in [0, 0.05) is 42.3 Å². The fourth-order valence-electron chi connectivity index (χ4n) is 3.15. The van der Waals surface area contributed by atoms with Crippen LogP contribution in [0.3, 0.4) is 0 Å². The number of pyridine rings is 1. The van der Waals surface area contributed by atoms with E-state index in [4.69, 9.17) is 9.52 Å². The third-order valence-electron chi connectivity index (χ3n) is 4.54. The summed E-state index contributed by atoms with van der Waals surface area (Å²) in [4.78, 5) is 8.39. The molecule has 3 heterocycles. The van der Waals surface area contributed by atoms with Gasteiger partial charge in [-0.05, 0) is 36.4 Å². The lowest BCUT2D eigenvalue weighted by atomic mass is 10.1. The van der Waals surface area contributed by atoms with Crippen LogP contribution in [0.5, 0.6) is 0 Å². The molecule has 0 saturated heterocycles. The average molecular weight is 385 g/mol. The minimum Gasteiger partial charge on any atom is -0.424 e. The minimum absolute atomic E-state index is 0.332. The minimum atomic E-state index is -0.346. The summed E-state index contributed by atoms with van der Waals surface area (Å²) in [6, 6.07) is 18.3. The highest BCUT2D eigenvalue weighted by Gasteiger charge is 2.14. The third kappa shape index (κ3) is 3.45. The van der Waals surface area contributed by atoms with E-state index in [0.29, 0.717) is 23.7 Å². The molecule has 0 amide bonds. The van der Waals surface area contributed by atoms with Gasteiger partial charge in [0.2, 0.25) is 0 Å². The topological polar surface area (TPSA) is 68.8 Å². The first-order valence-corrected chi connectivity index (χ1v) is 9.10. The number of nitrogens with zero attached hydrogens (tertiary/aromatic N) is 4. The maximum absolute atomic E-state index is 13.4. The summed E-state index contributed by atoms with van der Waals surface area (Å²) >= 11 is 0. The van der Waals surface area contributed by atoms with Crippen LogP contribution >= 0.6 is 0 Å². The van der Waals surface area contributed by atoms with Crippen molar-refractivity contribution in [1.29, 1.82) is 0 Å². The number of para-hydroxylation sites is 1. The van der Waals surface area contributed by atoms with Crippen molar-refractivity contribution in [2.24, 2.45) is 0 Å². The summed E-state index contributed by atoms with van der Waals surface area (Å²) in [5, 5.41) is 7.94. The zero-order valence-corrected chi connectivity index (χ0v) is 15.3. The number of benzene rings is 2. The van der Waals surface area contributed by atoms with Crippen LogP contribution in [0.25, 0.3) is 28.0 Å². The summed E-state index contributed by atoms with van der Waals surface area (Å²) in [6.07, 6.45) is 5.45. The van der Waals surface area contributed by atoms with Crippen LogP contribution in [0.2, 0.25) is 0 Å². The van der Waals surface area contributed by atoms with Gasteiger partial charge in [0.15, 0.2) is 5.58 Å². The maximum Gasteiger partial charge on any atom is 0.295 e. The highest BCUT2D eigenvalue weighted by Crippen LogP contribution is 2.25. The van der Waals surface area contributed by atoms with Crippen molar-refractivity contribution in [3.63, 3.8) is 0 Å².